The van der Waals surface area contributed by atoms with Gasteiger partial charge in [-0.15, -0.1) is 0 Å². The van der Waals surface area contributed by atoms with E-state index in [0.29, 0.717) is 12.1 Å². The van der Waals surface area contributed by atoms with E-state index < -0.39 is 0 Å². The van der Waals surface area contributed by atoms with E-state index in [-0.39, 0.29) is 0 Å². The molecule has 2 bridgehead atoms. The Morgan fingerprint density at radius 3 is 2.46 bits per heavy atom. The average molecular weight is 392 g/mol. The molecule has 5 rings (SSSR count). The van der Waals surface area contributed by atoms with Crippen molar-refractivity contribution in [1.82, 2.24) is 14.9 Å². The summed E-state index contributed by atoms with van der Waals surface area (Å²) in [5.41, 5.74) is 7.67. The molecule has 2 atom stereocenters. The molecule has 1 N–H and O–H groups in total. The highest BCUT2D eigenvalue weighted by Gasteiger charge is 2.30. The number of hydrogen-bond acceptors (Lipinski definition) is 2. The molecule has 1 aromatic heterocycles. The van der Waals surface area contributed by atoms with Gasteiger partial charge in [0.1, 0.15) is 5.82 Å². The van der Waals surface area contributed by atoms with E-state index in [1.165, 1.54) is 40.6 Å². The molecule has 0 amide bonds. The molecule has 2 fully saturated rings. The number of fused-ring (bicyclic) bond motifs is 3. The van der Waals surface area contributed by atoms with Crippen molar-refractivity contribution in [1.29, 1.82) is 0 Å². The lowest BCUT2D eigenvalue weighted by atomic mass is 9.98. The van der Waals surface area contributed by atoms with Gasteiger partial charge in [-0.2, -0.15) is 0 Å². The lowest BCUT2D eigenvalue weighted by molar-refractivity contribution is 0.476. The number of aromatic nitrogens is 2. The Morgan fingerprint density at radius 2 is 1.75 bits per heavy atom. The molecular formula is C24H26ClN3. The smallest absolute Gasteiger partial charge is 0.134 e. The van der Waals surface area contributed by atoms with Crippen LogP contribution in [0.5, 0.6) is 0 Å². The third kappa shape index (κ3) is 3.38. The van der Waals surface area contributed by atoms with Crippen molar-refractivity contribution in [2.45, 2.75) is 58.2 Å². The normalized spacial score (nSPS) is 21.5. The maximum absolute atomic E-state index is 6.09. The van der Waals surface area contributed by atoms with Gasteiger partial charge in [0, 0.05) is 23.7 Å². The number of hydrogen-bond donors (Lipinski definition) is 1. The van der Waals surface area contributed by atoms with Gasteiger partial charge in [-0.25, -0.2) is 4.98 Å². The first-order valence-electron chi connectivity index (χ1n) is 10.2. The van der Waals surface area contributed by atoms with Crippen molar-refractivity contribution in [3.05, 3.63) is 69.5 Å². The molecule has 2 unspecified atom stereocenters. The summed E-state index contributed by atoms with van der Waals surface area (Å²) in [7, 11) is 0. The van der Waals surface area contributed by atoms with E-state index in [9.17, 15) is 0 Å². The number of piperidine rings is 1. The second-order valence-electron chi connectivity index (χ2n) is 8.46. The van der Waals surface area contributed by atoms with Crippen LogP contribution in [0, 0.1) is 13.8 Å². The Labute approximate surface area is 171 Å². The molecule has 3 heterocycles. The number of nitrogens with zero attached hydrogens (tertiary/aromatic N) is 2. The summed E-state index contributed by atoms with van der Waals surface area (Å²) in [6, 6.07) is 14.0. The number of halogens is 1. The van der Waals surface area contributed by atoms with Crippen molar-refractivity contribution >= 4 is 28.7 Å². The SMILES string of the molecule is Cc1cc2nc(C=C3CC4CCC(C3)N4)n(Cc3ccc(Cl)cc3)c2cc1C. The molecule has 0 saturated carbocycles. The molecule has 28 heavy (non-hydrogen) atoms. The molecule has 144 valence electrons. The third-order valence-corrected chi connectivity index (χ3v) is 6.58. The molecule has 3 nitrogen and oxygen atoms in total. The zero-order valence-corrected chi connectivity index (χ0v) is 17.3. The minimum Gasteiger partial charge on any atom is -0.320 e. The van der Waals surface area contributed by atoms with Crippen LogP contribution in [0.2, 0.25) is 5.02 Å². The lowest BCUT2D eigenvalue weighted by Crippen LogP contribution is -2.34. The average Bonchev–Trinajstić information content (AvgIpc) is 3.17. The molecule has 4 heteroatoms. The maximum Gasteiger partial charge on any atom is 0.134 e. The van der Waals surface area contributed by atoms with Crippen molar-refractivity contribution in [2.24, 2.45) is 0 Å². The minimum atomic E-state index is 0.656. The molecule has 0 spiro atoms. The van der Waals surface area contributed by atoms with Crippen molar-refractivity contribution < 1.29 is 0 Å². The highest BCUT2D eigenvalue weighted by Crippen LogP contribution is 2.32. The predicted octanol–water partition coefficient (Wildman–Crippen LogP) is 5.65. The van der Waals surface area contributed by atoms with Gasteiger partial charge in [0.25, 0.3) is 0 Å². The van der Waals surface area contributed by atoms with Crippen molar-refractivity contribution in [2.75, 3.05) is 0 Å². The Kier molecular flexibility index (Phi) is 4.53. The molecule has 2 aliphatic rings. The van der Waals surface area contributed by atoms with E-state index in [1.54, 1.807) is 0 Å². The topological polar surface area (TPSA) is 29.9 Å². The Balaban J connectivity index is 1.59. The molecule has 2 saturated heterocycles. The number of aryl methyl sites for hydroxylation is 2. The first-order valence-corrected chi connectivity index (χ1v) is 10.6. The van der Waals surface area contributed by atoms with Gasteiger partial charge in [-0.05, 0) is 86.6 Å². The standard InChI is InChI=1S/C24H26ClN3/c1-15-9-22-23(10-16(15)2)28(14-17-3-5-19(25)6-4-17)24(27-22)13-18-11-20-7-8-21(12-18)26-20/h3-6,9-10,13,20-21,26H,7-8,11-12,14H2,1-2H3. The highest BCUT2D eigenvalue weighted by molar-refractivity contribution is 6.30. The molecule has 2 aromatic carbocycles. The molecule has 3 aromatic rings. The number of imidazole rings is 1. The van der Waals surface area contributed by atoms with Gasteiger partial charge >= 0.3 is 0 Å². The summed E-state index contributed by atoms with van der Waals surface area (Å²) in [6.07, 6.45) is 7.27. The number of nitrogens with one attached hydrogen (secondary N) is 1. The fourth-order valence-electron chi connectivity index (χ4n) is 4.69. The Bertz CT molecular complexity index is 1050. The first-order chi connectivity index (χ1) is 13.5. The third-order valence-electron chi connectivity index (χ3n) is 6.33. The van der Waals surface area contributed by atoms with Crippen LogP contribution >= 0.6 is 11.6 Å². The van der Waals surface area contributed by atoms with E-state index in [1.807, 2.05) is 12.1 Å². The van der Waals surface area contributed by atoms with Crippen LogP contribution in [0.1, 0.15) is 48.2 Å². The van der Waals surface area contributed by atoms with Crippen molar-refractivity contribution in [3.8, 4) is 0 Å². The molecule has 0 radical (unpaired) electrons. The number of rotatable bonds is 3. The zero-order valence-electron chi connectivity index (χ0n) is 16.5. The van der Waals surface area contributed by atoms with E-state index in [4.69, 9.17) is 16.6 Å². The van der Waals surface area contributed by atoms with E-state index in [2.05, 4.69) is 54.1 Å². The maximum atomic E-state index is 6.09. The van der Waals surface area contributed by atoms with Crippen LogP contribution in [-0.4, -0.2) is 21.6 Å². The summed E-state index contributed by atoms with van der Waals surface area (Å²) < 4.78 is 2.36. The van der Waals surface area contributed by atoms with Gasteiger partial charge in [-0.3, -0.25) is 0 Å². The van der Waals surface area contributed by atoms with Gasteiger partial charge in [-0.1, -0.05) is 29.3 Å². The van der Waals surface area contributed by atoms with Crippen LogP contribution < -0.4 is 5.32 Å². The van der Waals surface area contributed by atoms with E-state index >= 15 is 0 Å². The van der Waals surface area contributed by atoms with Gasteiger partial charge in [0.05, 0.1) is 11.0 Å². The Hall–Kier alpha value is -2.10. The summed E-state index contributed by atoms with van der Waals surface area (Å²) in [6.45, 7) is 5.15. The summed E-state index contributed by atoms with van der Waals surface area (Å²) in [4.78, 5) is 5.03. The lowest BCUT2D eigenvalue weighted by Gasteiger charge is -2.23. The first kappa shape index (κ1) is 18.0. The van der Waals surface area contributed by atoms with Crippen LogP contribution in [0.3, 0.4) is 0 Å². The zero-order chi connectivity index (χ0) is 19.3. The Morgan fingerprint density at radius 1 is 1.07 bits per heavy atom. The van der Waals surface area contributed by atoms with Crippen LogP contribution in [0.4, 0.5) is 0 Å². The predicted molar refractivity (Wildman–Crippen MR) is 117 cm³/mol. The highest BCUT2D eigenvalue weighted by atomic mass is 35.5. The van der Waals surface area contributed by atoms with Gasteiger partial charge in [0.2, 0.25) is 0 Å². The molecular weight excluding hydrogens is 366 g/mol. The van der Waals surface area contributed by atoms with Gasteiger partial charge < -0.3 is 9.88 Å². The molecule has 2 aliphatic heterocycles. The second kappa shape index (κ2) is 7.06. The minimum absolute atomic E-state index is 0.656. The van der Waals surface area contributed by atoms with Crippen LogP contribution in [-0.2, 0) is 6.54 Å². The monoisotopic (exact) mass is 391 g/mol. The van der Waals surface area contributed by atoms with Crippen molar-refractivity contribution in [3.63, 3.8) is 0 Å². The van der Waals surface area contributed by atoms with Crippen LogP contribution in [0.25, 0.3) is 17.1 Å². The molecule has 0 aliphatic carbocycles. The fraction of sp³-hybridized carbons (Fsp3) is 0.375. The second-order valence-corrected chi connectivity index (χ2v) is 8.89. The number of benzene rings is 2. The van der Waals surface area contributed by atoms with E-state index in [0.717, 1.165) is 35.8 Å². The van der Waals surface area contributed by atoms with Crippen LogP contribution in [0.15, 0.2) is 42.0 Å². The summed E-state index contributed by atoms with van der Waals surface area (Å²) >= 11 is 6.09. The largest absolute Gasteiger partial charge is 0.320 e. The van der Waals surface area contributed by atoms with Gasteiger partial charge in [0.15, 0.2) is 0 Å². The summed E-state index contributed by atoms with van der Waals surface area (Å²) in [5, 5.41) is 4.50. The summed E-state index contributed by atoms with van der Waals surface area (Å²) in [5.74, 6) is 1.08. The fourth-order valence-corrected chi connectivity index (χ4v) is 4.81. The quantitative estimate of drug-likeness (QED) is 0.624.